The number of imidazole rings is 1. The Bertz CT molecular complexity index is 344. The number of nitrogens with zero attached hydrogens (tertiary/aromatic N) is 3. The van der Waals surface area contributed by atoms with Gasteiger partial charge in [-0.15, -0.1) is 0 Å². The van der Waals surface area contributed by atoms with Gasteiger partial charge in [0, 0.05) is 18.9 Å². The van der Waals surface area contributed by atoms with Crippen LogP contribution < -0.4 is 0 Å². The summed E-state index contributed by atoms with van der Waals surface area (Å²) in [6.45, 7) is 0.743. The van der Waals surface area contributed by atoms with Gasteiger partial charge in [0.15, 0.2) is 0 Å². The van der Waals surface area contributed by atoms with Crippen molar-refractivity contribution in [3.63, 3.8) is 0 Å². The Morgan fingerprint density at radius 3 is 3.00 bits per heavy atom. The van der Waals surface area contributed by atoms with Gasteiger partial charge in [0.25, 0.3) is 0 Å². The maximum Gasteiger partial charge on any atom is 0.116 e. The van der Waals surface area contributed by atoms with Crippen LogP contribution in [0.2, 0.25) is 0 Å². The molecule has 0 aromatic rings. The van der Waals surface area contributed by atoms with E-state index in [1.54, 1.807) is 0 Å². The fraction of sp³-hybridized carbons (Fsp3) is 0.250. The van der Waals surface area contributed by atoms with Crippen molar-refractivity contribution in [3.8, 4) is 11.4 Å². The predicted octanol–water partition coefficient (Wildman–Crippen LogP) is 0.375. The number of pyridine rings is 1. The summed E-state index contributed by atoms with van der Waals surface area (Å²) in [5, 5.41) is 8.69. The first-order valence-corrected chi connectivity index (χ1v) is 3.77. The fourth-order valence-corrected chi connectivity index (χ4v) is 1.13. The van der Waals surface area contributed by atoms with Crippen LogP contribution in [-0.4, -0.2) is 26.2 Å². The van der Waals surface area contributed by atoms with Gasteiger partial charge in [0.1, 0.15) is 12.0 Å². The van der Waals surface area contributed by atoms with Crippen molar-refractivity contribution in [2.24, 2.45) is 0 Å². The van der Waals surface area contributed by atoms with Crippen molar-refractivity contribution in [2.45, 2.75) is 6.54 Å². The lowest BCUT2D eigenvalue weighted by Crippen LogP contribution is -2.02. The zero-order chi connectivity index (χ0) is 8.39. The first kappa shape index (κ1) is 7.24. The molecule has 0 saturated carbocycles. The molecule has 0 aliphatic carbocycles. The first-order valence-electron chi connectivity index (χ1n) is 3.77. The van der Waals surface area contributed by atoms with E-state index in [0.29, 0.717) is 6.54 Å². The maximum atomic E-state index is 8.69. The Balaban J connectivity index is 2.40. The number of aliphatic hydroxyl groups is 1. The Kier molecular flexibility index (Phi) is 1.75. The summed E-state index contributed by atoms with van der Waals surface area (Å²) in [5.41, 5.74) is 1.76. The zero-order valence-corrected chi connectivity index (χ0v) is 6.51. The number of aliphatic hydroxyl groups excluding tert-OH is 1. The molecule has 0 aromatic heterocycles. The highest BCUT2D eigenvalue weighted by Gasteiger charge is 2.03. The average Bonchev–Trinajstić information content (AvgIpc) is 2.51. The van der Waals surface area contributed by atoms with Crippen molar-refractivity contribution in [1.82, 2.24) is 14.5 Å². The minimum atomic E-state index is 0.143. The van der Waals surface area contributed by atoms with E-state index < -0.39 is 0 Å². The van der Waals surface area contributed by atoms with Gasteiger partial charge >= 0.3 is 0 Å². The number of rotatable bonds is 2. The van der Waals surface area contributed by atoms with Gasteiger partial charge in [-0.25, -0.2) is 9.97 Å². The summed E-state index contributed by atoms with van der Waals surface area (Å²) >= 11 is 0. The summed E-state index contributed by atoms with van der Waals surface area (Å²) < 4.78 is 1.89. The highest BCUT2D eigenvalue weighted by Crippen LogP contribution is 2.14. The predicted molar refractivity (Wildman–Crippen MR) is 43.7 cm³/mol. The first-order chi connectivity index (χ1) is 5.90. The van der Waals surface area contributed by atoms with Crippen molar-refractivity contribution in [1.29, 1.82) is 0 Å². The summed E-state index contributed by atoms with van der Waals surface area (Å²) in [5.74, 6) is 0. The normalized spacial score (nSPS) is 10.8. The third-order valence-electron chi connectivity index (χ3n) is 1.73. The van der Waals surface area contributed by atoms with Gasteiger partial charge in [-0.1, -0.05) is 0 Å². The number of fused-ring (bicyclic) bond motifs is 1. The van der Waals surface area contributed by atoms with Crippen molar-refractivity contribution in [2.75, 3.05) is 6.61 Å². The molecular weight excluding hydrogens is 154 g/mol. The van der Waals surface area contributed by atoms with E-state index in [1.165, 1.54) is 6.33 Å². The number of hydrogen-bond donors (Lipinski definition) is 1. The zero-order valence-electron chi connectivity index (χ0n) is 6.51. The molecule has 0 bridgehead atoms. The lowest BCUT2D eigenvalue weighted by atomic mass is 10.3. The van der Waals surface area contributed by atoms with E-state index in [2.05, 4.69) is 9.97 Å². The molecule has 2 aliphatic rings. The van der Waals surface area contributed by atoms with Crippen molar-refractivity contribution in [3.05, 3.63) is 24.8 Å². The molecule has 2 aliphatic heterocycles. The summed E-state index contributed by atoms with van der Waals surface area (Å²) in [4.78, 5) is 8.08. The third-order valence-corrected chi connectivity index (χ3v) is 1.73. The third kappa shape index (κ3) is 1.16. The second-order valence-corrected chi connectivity index (χ2v) is 2.55. The molecule has 0 atom stereocenters. The molecule has 0 saturated heterocycles. The summed E-state index contributed by atoms with van der Waals surface area (Å²) in [6.07, 6.45) is 5.29. The highest BCUT2D eigenvalue weighted by molar-refractivity contribution is 5.53. The molecule has 0 radical (unpaired) electrons. The van der Waals surface area contributed by atoms with Crippen LogP contribution in [-0.2, 0) is 6.54 Å². The molecular formula is C8H9N3O. The van der Waals surface area contributed by atoms with E-state index in [4.69, 9.17) is 5.11 Å². The van der Waals surface area contributed by atoms with Crippen LogP contribution in [0.5, 0.6) is 0 Å². The SMILES string of the molecule is OCCn1ccc2ncnc-2c1. The monoisotopic (exact) mass is 163 g/mol. The number of aromatic nitrogens is 3. The Morgan fingerprint density at radius 2 is 2.17 bits per heavy atom. The maximum absolute atomic E-state index is 8.69. The standard InChI is InChI=1S/C8H9N3O/c12-4-3-11-2-1-7-8(5-11)10-6-9-7/h1-2,5-6,12H,3-4H2. The van der Waals surface area contributed by atoms with Crippen LogP contribution in [0.4, 0.5) is 0 Å². The molecule has 2 heterocycles. The lowest BCUT2D eigenvalue weighted by Gasteiger charge is -2.04. The highest BCUT2D eigenvalue weighted by atomic mass is 16.3. The summed E-state index contributed by atoms with van der Waals surface area (Å²) in [6, 6.07) is 1.89. The van der Waals surface area contributed by atoms with Crippen molar-refractivity contribution >= 4 is 0 Å². The Morgan fingerprint density at radius 1 is 1.33 bits per heavy atom. The van der Waals surface area contributed by atoms with Crippen molar-refractivity contribution < 1.29 is 5.11 Å². The molecule has 0 unspecified atom stereocenters. The van der Waals surface area contributed by atoms with Gasteiger partial charge < -0.3 is 9.67 Å². The van der Waals surface area contributed by atoms with E-state index in [-0.39, 0.29) is 6.61 Å². The fourth-order valence-electron chi connectivity index (χ4n) is 1.13. The largest absolute Gasteiger partial charge is 0.395 e. The van der Waals surface area contributed by atoms with Gasteiger partial charge in [0.05, 0.1) is 12.3 Å². The topological polar surface area (TPSA) is 50.9 Å². The minimum absolute atomic E-state index is 0.143. The second-order valence-electron chi connectivity index (χ2n) is 2.55. The molecule has 12 heavy (non-hydrogen) atoms. The molecule has 2 rings (SSSR count). The van der Waals surface area contributed by atoms with Gasteiger partial charge in [-0.2, -0.15) is 0 Å². The molecule has 4 nitrogen and oxygen atoms in total. The molecule has 0 fully saturated rings. The van der Waals surface area contributed by atoms with Gasteiger partial charge in [0.2, 0.25) is 0 Å². The molecule has 0 amide bonds. The Hall–Kier alpha value is -1.42. The van der Waals surface area contributed by atoms with Gasteiger partial charge in [-0.05, 0) is 6.07 Å². The van der Waals surface area contributed by atoms with E-state index in [9.17, 15) is 0 Å². The molecule has 1 N–H and O–H groups in total. The van der Waals surface area contributed by atoms with Crippen LogP contribution in [0.1, 0.15) is 0 Å². The lowest BCUT2D eigenvalue weighted by molar-refractivity contribution is 0.276. The van der Waals surface area contributed by atoms with E-state index in [0.717, 1.165) is 11.4 Å². The molecule has 62 valence electrons. The van der Waals surface area contributed by atoms with Crippen LogP contribution >= 0.6 is 0 Å². The van der Waals surface area contributed by atoms with E-state index >= 15 is 0 Å². The summed E-state index contributed by atoms with van der Waals surface area (Å²) in [7, 11) is 0. The van der Waals surface area contributed by atoms with Crippen LogP contribution in [0.25, 0.3) is 11.4 Å². The van der Waals surface area contributed by atoms with E-state index in [1.807, 2.05) is 23.0 Å². The average molecular weight is 163 g/mol. The molecule has 0 spiro atoms. The minimum Gasteiger partial charge on any atom is -0.395 e. The second kappa shape index (κ2) is 2.91. The number of hydrogen-bond acceptors (Lipinski definition) is 3. The van der Waals surface area contributed by atoms with Gasteiger partial charge in [-0.3, -0.25) is 0 Å². The quantitative estimate of drug-likeness (QED) is 0.696. The van der Waals surface area contributed by atoms with Crippen LogP contribution in [0.15, 0.2) is 24.8 Å². The molecule has 0 aromatic carbocycles. The molecule has 4 heteroatoms. The van der Waals surface area contributed by atoms with Crippen LogP contribution in [0, 0.1) is 0 Å². The Labute approximate surface area is 69.9 Å². The smallest absolute Gasteiger partial charge is 0.116 e. The van der Waals surface area contributed by atoms with Crippen LogP contribution in [0.3, 0.4) is 0 Å².